The number of aromatic nitrogens is 2. The van der Waals surface area contributed by atoms with Gasteiger partial charge in [0.1, 0.15) is 6.61 Å². The Labute approximate surface area is 178 Å². The van der Waals surface area contributed by atoms with Gasteiger partial charge >= 0.3 is 12.7 Å². The maximum Gasteiger partial charge on any atom is 0.522 e. The lowest BCUT2D eigenvalue weighted by molar-refractivity contribution is -0.357. The van der Waals surface area contributed by atoms with Crippen molar-refractivity contribution in [3.05, 3.63) is 24.1 Å². The van der Waals surface area contributed by atoms with Gasteiger partial charge in [-0.3, -0.25) is 14.3 Å². The normalized spacial score (nSPS) is 25.3. The van der Waals surface area contributed by atoms with Crippen LogP contribution in [0.15, 0.2) is 16.7 Å². The summed E-state index contributed by atoms with van der Waals surface area (Å²) in [7, 11) is 0. The van der Waals surface area contributed by atoms with Gasteiger partial charge in [0.15, 0.2) is 0 Å². The predicted octanol–water partition coefficient (Wildman–Crippen LogP) is 3.36. The minimum absolute atomic E-state index is 0.0530. The zero-order valence-electron chi connectivity index (χ0n) is 16.7. The molecule has 0 aromatic carbocycles. The first-order valence-electron chi connectivity index (χ1n) is 9.74. The molecule has 180 valence electrons. The summed E-state index contributed by atoms with van der Waals surface area (Å²) in [6.45, 7) is 2.89. The second kappa shape index (κ2) is 9.75. The third-order valence-electron chi connectivity index (χ3n) is 4.94. The van der Waals surface area contributed by atoms with E-state index in [0.29, 0.717) is 12.1 Å². The van der Waals surface area contributed by atoms with Gasteiger partial charge in [-0.15, -0.1) is 36.5 Å². The van der Waals surface area contributed by atoms with E-state index >= 15 is 0 Å². The molecule has 2 saturated carbocycles. The third kappa shape index (κ3) is 8.06. The highest BCUT2D eigenvalue weighted by molar-refractivity contribution is 5.78. The number of hydrogen-bond donors (Lipinski definition) is 1. The minimum atomic E-state index is -4.69. The van der Waals surface area contributed by atoms with E-state index in [0.717, 1.165) is 0 Å². The van der Waals surface area contributed by atoms with E-state index in [1.54, 1.807) is 0 Å². The van der Waals surface area contributed by atoms with E-state index in [9.17, 15) is 31.1 Å². The quantitative estimate of drug-likeness (QED) is 0.493. The molecule has 8 nitrogen and oxygen atoms in total. The highest BCUT2D eigenvalue weighted by Crippen LogP contribution is 2.47. The number of nitrogens with zero attached hydrogens (tertiary/aromatic N) is 2. The van der Waals surface area contributed by atoms with E-state index < -0.39 is 37.4 Å². The fourth-order valence-electron chi connectivity index (χ4n) is 3.14. The molecule has 3 rings (SSSR count). The lowest BCUT2D eigenvalue weighted by Gasteiger charge is -2.34. The van der Waals surface area contributed by atoms with Crippen LogP contribution in [0, 0.1) is 5.92 Å². The van der Waals surface area contributed by atoms with Gasteiger partial charge in [-0.25, -0.2) is 0 Å². The number of hydrogen-bond acceptors (Lipinski definition) is 7. The number of alkyl halides is 6. The van der Waals surface area contributed by atoms with Crippen molar-refractivity contribution < 1.29 is 49.8 Å². The van der Waals surface area contributed by atoms with E-state index in [2.05, 4.69) is 31.6 Å². The molecule has 0 bridgehead atoms. The average Bonchev–Trinajstić information content (AvgIpc) is 3.26. The Bertz CT molecular complexity index is 806. The first kappa shape index (κ1) is 24.5. The molecule has 0 aliphatic heterocycles. The maximum atomic E-state index is 12.1. The van der Waals surface area contributed by atoms with Crippen molar-refractivity contribution in [3.8, 4) is 0 Å². The van der Waals surface area contributed by atoms with Crippen molar-refractivity contribution in [2.45, 2.75) is 63.0 Å². The van der Waals surface area contributed by atoms with Crippen molar-refractivity contribution in [1.82, 2.24) is 15.5 Å². The van der Waals surface area contributed by atoms with Crippen LogP contribution in [0.2, 0.25) is 0 Å². The van der Waals surface area contributed by atoms with Crippen LogP contribution in [-0.4, -0.2) is 54.3 Å². The lowest BCUT2D eigenvalue weighted by Crippen LogP contribution is -2.42. The molecule has 2 atom stereocenters. The van der Waals surface area contributed by atoms with Gasteiger partial charge < -0.3 is 14.5 Å². The van der Waals surface area contributed by atoms with E-state index in [1.807, 2.05) is 0 Å². The summed E-state index contributed by atoms with van der Waals surface area (Å²) in [6, 6.07) is 0. The molecule has 0 unspecified atom stereocenters. The summed E-state index contributed by atoms with van der Waals surface area (Å²) >= 11 is 0. The SMILES string of the molecule is C=C(CCc1nnc([C@H]2C[C@H]2COC(F)(F)F)o1)NC(=O)CO[C@H]1C[C@@H](OC(F)(F)F)C1. The summed E-state index contributed by atoms with van der Waals surface area (Å²) in [4.78, 5) is 11.8. The molecule has 0 radical (unpaired) electrons. The van der Waals surface area contributed by atoms with Crippen molar-refractivity contribution in [2.75, 3.05) is 13.2 Å². The molecule has 1 aromatic heterocycles. The number of allylic oxidation sites excluding steroid dienone is 1. The summed E-state index contributed by atoms with van der Waals surface area (Å²) < 4.78 is 90.6. The number of ether oxygens (including phenoxy) is 3. The Hall–Kier alpha value is -2.19. The molecule has 2 aliphatic rings. The van der Waals surface area contributed by atoms with Crippen LogP contribution in [-0.2, 0) is 25.4 Å². The first-order valence-corrected chi connectivity index (χ1v) is 9.74. The number of carbonyl (C=O) groups excluding carboxylic acids is 1. The number of aryl methyl sites for hydroxylation is 1. The molecular formula is C18H21F6N3O5. The molecule has 0 spiro atoms. The molecule has 2 fully saturated rings. The maximum absolute atomic E-state index is 12.1. The standard InChI is InChI=1S/C18H21F6N3O5/c1-9(25-14(28)8-29-11-5-12(6-11)32-18(22,23)24)2-3-15-26-27-16(31-15)13-4-10(13)7-30-17(19,20)21/h10-13H,1-8H2,(H,25,28)/t10-,11-,12+,13-/m0/s1. The molecule has 1 N–H and O–H groups in total. The van der Waals surface area contributed by atoms with Crippen LogP contribution in [0.4, 0.5) is 26.3 Å². The minimum Gasteiger partial charge on any atom is -0.425 e. The Morgan fingerprint density at radius 3 is 2.47 bits per heavy atom. The third-order valence-corrected chi connectivity index (χ3v) is 4.94. The Morgan fingerprint density at radius 2 is 1.81 bits per heavy atom. The molecule has 1 amide bonds. The Balaban J connectivity index is 1.28. The molecule has 2 aliphatic carbocycles. The van der Waals surface area contributed by atoms with Crippen LogP contribution in [0.5, 0.6) is 0 Å². The van der Waals surface area contributed by atoms with Crippen molar-refractivity contribution in [2.24, 2.45) is 5.92 Å². The molecule has 14 heteroatoms. The van der Waals surface area contributed by atoms with Crippen molar-refractivity contribution in [3.63, 3.8) is 0 Å². The number of amides is 1. The zero-order valence-corrected chi connectivity index (χ0v) is 16.7. The monoisotopic (exact) mass is 473 g/mol. The fraction of sp³-hybridized carbons (Fsp3) is 0.722. The zero-order chi connectivity index (χ0) is 23.5. The predicted molar refractivity (Wildman–Crippen MR) is 92.7 cm³/mol. The van der Waals surface area contributed by atoms with Gasteiger partial charge in [-0.2, -0.15) is 0 Å². The van der Waals surface area contributed by atoms with Crippen LogP contribution in [0.3, 0.4) is 0 Å². The largest absolute Gasteiger partial charge is 0.522 e. The number of nitrogens with one attached hydrogen (secondary N) is 1. The summed E-state index contributed by atoms with van der Waals surface area (Å²) in [5.41, 5.74) is 0.341. The van der Waals surface area contributed by atoms with Gasteiger partial charge in [0, 0.05) is 30.9 Å². The van der Waals surface area contributed by atoms with Crippen LogP contribution in [0.25, 0.3) is 0 Å². The first-order chi connectivity index (χ1) is 14.9. The second-order valence-electron chi connectivity index (χ2n) is 7.63. The summed E-state index contributed by atoms with van der Waals surface area (Å²) in [5, 5.41) is 10.2. The van der Waals surface area contributed by atoms with Gasteiger partial charge in [-0.05, 0) is 18.8 Å². The molecule has 32 heavy (non-hydrogen) atoms. The smallest absolute Gasteiger partial charge is 0.425 e. The van der Waals surface area contributed by atoms with Crippen LogP contribution in [0.1, 0.15) is 43.4 Å². The van der Waals surface area contributed by atoms with Gasteiger partial charge in [0.25, 0.3) is 0 Å². The van der Waals surface area contributed by atoms with E-state index in [-0.39, 0.29) is 55.9 Å². The summed E-state index contributed by atoms with van der Waals surface area (Å²) in [6.07, 6.45) is -9.71. The van der Waals surface area contributed by atoms with Gasteiger partial charge in [0.05, 0.1) is 18.8 Å². The van der Waals surface area contributed by atoms with E-state index in [1.165, 1.54) is 0 Å². The highest BCUT2D eigenvalue weighted by atomic mass is 19.4. The Kier molecular flexibility index (Phi) is 7.45. The summed E-state index contributed by atoms with van der Waals surface area (Å²) in [5.74, 6) is -0.616. The van der Waals surface area contributed by atoms with Gasteiger partial charge in [-0.1, -0.05) is 6.58 Å². The number of carbonyl (C=O) groups is 1. The second-order valence-corrected chi connectivity index (χ2v) is 7.63. The number of rotatable bonds is 11. The van der Waals surface area contributed by atoms with Crippen molar-refractivity contribution >= 4 is 5.91 Å². The molecule has 0 saturated heterocycles. The van der Waals surface area contributed by atoms with Crippen LogP contribution >= 0.6 is 0 Å². The highest BCUT2D eigenvalue weighted by Gasteiger charge is 2.45. The number of halogens is 6. The average molecular weight is 473 g/mol. The fourth-order valence-corrected chi connectivity index (χ4v) is 3.14. The lowest BCUT2D eigenvalue weighted by atomic mass is 9.92. The van der Waals surface area contributed by atoms with E-state index in [4.69, 9.17) is 9.15 Å². The molecule has 1 aromatic rings. The van der Waals surface area contributed by atoms with Crippen molar-refractivity contribution in [1.29, 1.82) is 0 Å². The molecular weight excluding hydrogens is 452 g/mol. The topological polar surface area (TPSA) is 95.7 Å². The molecule has 1 heterocycles. The Morgan fingerprint density at radius 1 is 1.09 bits per heavy atom. The van der Waals surface area contributed by atoms with Gasteiger partial charge in [0.2, 0.25) is 17.7 Å². The van der Waals surface area contributed by atoms with Crippen LogP contribution < -0.4 is 5.32 Å².